The molecular formula is C19H17Cl2N3OS. The molecule has 0 saturated heterocycles. The Balaban J connectivity index is 1.88. The van der Waals surface area contributed by atoms with Gasteiger partial charge in [0.1, 0.15) is 5.75 Å². The molecule has 0 bridgehead atoms. The zero-order valence-corrected chi connectivity index (χ0v) is 16.5. The van der Waals surface area contributed by atoms with E-state index in [-0.39, 0.29) is 0 Å². The van der Waals surface area contributed by atoms with Gasteiger partial charge < -0.3 is 4.74 Å². The van der Waals surface area contributed by atoms with E-state index in [4.69, 9.17) is 27.9 Å². The lowest BCUT2D eigenvalue weighted by atomic mass is 10.2. The number of hydrogen-bond acceptors (Lipinski definition) is 4. The number of rotatable bonds is 7. The molecule has 3 aromatic rings. The summed E-state index contributed by atoms with van der Waals surface area (Å²) in [5.74, 6) is 2.22. The van der Waals surface area contributed by atoms with Gasteiger partial charge >= 0.3 is 0 Å². The molecule has 0 spiro atoms. The monoisotopic (exact) mass is 405 g/mol. The number of allylic oxidation sites excluding steroid dienone is 1. The van der Waals surface area contributed by atoms with Crippen molar-refractivity contribution in [2.24, 2.45) is 0 Å². The molecule has 0 N–H and O–H groups in total. The molecule has 0 unspecified atom stereocenters. The highest BCUT2D eigenvalue weighted by Crippen LogP contribution is 2.30. The predicted octanol–water partition coefficient (Wildman–Crippen LogP) is 5.74. The maximum atomic E-state index is 6.26. The topological polar surface area (TPSA) is 39.9 Å². The molecule has 0 aliphatic heterocycles. The Morgan fingerprint density at radius 3 is 2.77 bits per heavy atom. The Bertz CT molecular complexity index is 927. The van der Waals surface area contributed by atoms with Crippen LogP contribution in [0.4, 0.5) is 0 Å². The molecule has 4 nitrogen and oxygen atoms in total. The van der Waals surface area contributed by atoms with Gasteiger partial charge in [0.2, 0.25) is 0 Å². The van der Waals surface area contributed by atoms with Crippen LogP contribution in [0, 0.1) is 0 Å². The normalized spacial score (nSPS) is 10.7. The Morgan fingerprint density at radius 2 is 2.04 bits per heavy atom. The van der Waals surface area contributed by atoms with E-state index in [1.165, 1.54) is 0 Å². The van der Waals surface area contributed by atoms with Crippen LogP contribution in [-0.4, -0.2) is 21.9 Å². The molecule has 0 aliphatic carbocycles. The van der Waals surface area contributed by atoms with Crippen LogP contribution in [0.3, 0.4) is 0 Å². The number of ether oxygens (including phenoxy) is 1. The van der Waals surface area contributed by atoms with E-state index in [9.17, 15) is 0 Å². The summed E-state index contributed by atoms with van der Waals surface area (Å²) in [4.78, 5) is 0. The number of nitrogens with zero attached hydrogens (tertiary/aromatic N) is 3. The van der Waals surface area contributed by atoms with Crippen molar-refractivity contribution >= 4 is 35.0 Å². The first-order valence-corrected chi connectivity index (χ1v) is 9.61. The molecule has 0 fully saturated rings. The molecule has 134 valence electrons. The van der Waals surface area contributed by atoms with Crippen molar-refractivity contribution in [3.05, 3.63) is 70.7 Å². The second-order valence-corrected chi connectivity index (χ2v) is 7.25. The van der Waals surface area contributed by atoms with Crippen molar-refractivity contribution in [2.75, 3.05) is 7.11 Å². The van der Waals surface area contributed by atoms with Crippen LogP contribution in [0.1, 0.15) is 5.56 Å². The smallest absolute Gasteiger partial charge is 0.192 e. The average Bonchev–Trinajstić information content (AvgIpc) is 3.04. The van der Waals surface area contributed by atoms with Gasteiger partial charge in [-0.2, -0.15) is 0 Å². The van der Waals surface area contributed by atoms with Gasteiger partial charge in [-0.05, 0) is 29.8 Å². The summed E-state index contributed by atoms with van der Waals surface area (Å²) in [5, 5.41) is 10.8. The van der Waals surface area contributed by atoms with Crippen LogP contribution < -0.4 is 4.74 Å². The van der Waals surface area contributed by atoms with Gasteiger partial charge in [0.25, 0.3) is 0 Å². The van der Waals surface area contributed by atoms with Crippen molar-refractivity contribution in [1.82, 2.24) is 14.8 Å². The number of thioether (sulfide) groups is 1. The lowest BCUT2D eigenvalue weighted by molar-refractivity contribution is 0.415. The minimum absolute atomic E-state index is 0.607. The Labute approximate surface area is 166 Å². The number of aromatic nitrogens is 3. The standard InChI is InChI=1S/C19H17Cl2N3OS/c1-3-9-24-18(13-5-4-6-16(10-13)25-2)22-23-19(24)26-12-14-7-8-15(20)11-17(14)21/h3-8,10-11H,1,9,12H2,2H3. The van der Waals surface area contributed by atoms with Crippen LogP contribution in [0.15, 0.2) is 60.3 Å². The highest BCUT2D eigenvalue weighted by molar-refractivity contribution is 7.98. The van der Waals surface area contributed by atoms with E-state index < -0.39 is 0 Å². The zero-order valence-electron chi connectivity index (χ0n) is 14.2. The van der Waals surface area contributed by atoms with Crippen LogP contribution in [0.2, 0.25) is 10.0 Å². The average molecular weight is 406 g/mol. The number of halogens is 2. The van der Waals surface area contributed by atoms with Gasteiger partial charge in [-0.1, -0.05) is 59.2 Å². The molecule has 0 amide bonds. The second kappa shape index (κ2) is 8.62. The van der Waals surface area contributed by atoms with Crippen LogP contribution in [0.5, 0.6) is 5.75 Å². The maximum absolute atomic E-state index is 6.26. The highest BCUT2D eigenvalue weighted by Gasteiger charge is 2.15. The fourth-order valence-electron chi connectivity index (χ4n) is 2.45. The van der Waals surface area contributed by atoms with Crippen molar-refractivity contribution in [3.63, 3.8) is 0 Å². The first-order valence-electron chi connectivity index (χ1n) is 7.87. The summed E-state index contributed by atoms with van der Waals surface area (Å²) < 4.78 is 7.33. The first-order chi connectivity index (χ1) is 12.6. The van der Waals surface area contributed by atoms with E-state index in [1.54, 1.807) is 24.9 Å². The molecule has 26 heavy (non-hydrogen) atoms. The summed E-state index contributed by atoms with van der Waals surface area (Å²) in [6.07, 6.45) is 1.83. The molecule has 0 aliphatic rings. The van der Waals surface area contributed by atoms with E-state index in [2.05, 4.69) is 16.8 Å². The predicted molar refractivity (Wildman–Crippen MR) is 108 cm³/mol. The van der Waals surface area contributed by atoms with Crippen LogP contribution >= 0.6 is 35.0 Å². The fourth-order valence-corrected chi connectivity index (χ4v) is 3.95. The second-order valence-electron chi connectivity index (χ2n) is 5.46. The summed E-state index contributed by atoms with van der Waals surface area (Å²) in [5.41, 5.74) is 1.94. The minimum Gasteiger partial charge on any atom is -0.497 e. The Kier molecular flexibility index (Phi) is 6.25. The molecule has 7 heteroatoms. The minimum atomic E-state index is 0.607. The Hall–Kier alpha value is -1.95. The lowest BCUT2D eigenvalue weighted by Crippen LogP contribution is -2.01. The molecule has 0 saturated carbocycles. The maximum Gasteiger partial charge on any atom is 0.192 e. The summed E-state index contributed by atoms with van der Waals surface area (Å²) in [6, 6.07) is 13.3. The molecule has 0 atom stereocenters. The van der Waals surface area contributed by atoms with Crippen molar-refractivity contribution in [2.45, 2.75) is 17.5 Å². The number of hydrogen-bond donors (Lipinski definition) is 0. The summed E-state index contributed by atoms with van der Waals surface area (Å²) in [6.45, 7) is 4.45. The van der Waals surface area contributed by atoms with E-state index in [0.29, 0.717) is 22.3 Å². The van der Waals surface area contributed by atoms with E-state index >= 15 is 0 Å². The molecule has 3 rings (SSSR count). The largest absolute Gasteiger partial charge is 0.497 e. The number of benzene rings is 2. The molecular weight excluding hydrogens is 389 g/mol. The van der Waals surface area contributed by atoms with Crippen molar-refractivity contribution in [1.29, 1.82) is 0 Å². The molecule has 1 heterocycles. The summed E-state index contributed by atoms with van der Waals surface area (Å²) >= 11 is 13.8. The lowest BCUT2D eigenvalue weighted by Gasteiger charge is -2.09. The molecule has 1 aromatic heterocycles. The third-order valence-corrected chi connectivity index (χ3v) is 5.33. The third kappa shape index (κ3) is 4.23. The Morgan fingerprint density at radius 1 is 1.19 bits per heavy atom. The first kappa shape index (κ1) is 18.8. The highest BCUT2D eigenvalue weighted by atomic mass is 35.5. The zero-order chi connectivity index (χ0) is 18.5. The van der Waals surface area contributed by atoms with Crippen LogP contribution in [-0.2, 0) is 12.3 Å². The SMILES string of the molecule is C=CCn1c(SCc2ccc(Cl)cc2Cl)nnc1-c1cccc(OC)c1. The van der Waals surface area contributed by atoms with Crippen molar-refractivity contribution < 1.29 is 4.74 Å². The van der Waals surface area contributed by atoms with Gasteiger partial charge in [-0.3, -0.25) is 4.57 Å². The fraction of sp³-hybridized carbons (Fsp3) is 0.158. The van der Waals surface area contributed by atoms with E-state index in [1.807, 2.05) is 47.0 Å². The molecule has 0 radical (unpaired) electrons. The number of methoxy groups -OCH3 is 1. The van der Waals surface area contributed by atoms with Crippen LogP contribution in [0.25, 0.3) is 11.4 Å². The van der Waals surface area contributed by atoms with Gasteiger partial charge in [0.15, 0.2) is 11.0 Å². The molecule has 2 aromatic carbocycles. The van der Waals surface area contributed by atoms with Crippen molar-refractivity contribution in [3.8, 4) is 17.1 Å². The van der Waals surface area contributed by atoms with Gasteiger partial charge in [0, 0.05) is 27.9 Å². The third-order valence-electron chi connectivity index (χ3n) is 3.73. The van der Waals surface area contributed by atoms with Gasteiger partial charge in [-0.15, -0.1) is 16.8 Å². The van der Waals surface area contributed by atoms with Gasteiger partial charge in [0.05, 0.1) is 7.11 Å². The summed E-state index contributed by atoms with van der Waals surface area (Å²) in [7, 11) is 1.64. The van der Waals surface area contributed by atoms with E-state index in [0.717, 1.165) is 27.9 Å². The quantitative estimate of drug-likeness (QED) is 0.371. The van der Waals surface area contributed by atoms with Gasteiger partial charge in [-0.25, -0.2) is 0 Å².